The number of dihydropyridines is 1. The summed E-state index contributed by atoms with van der Waals surface area (Å²) >= 11 is 3.39. The van der Waals surface area contributed by atoms with Crippen LogP contribution < -0.4 is 4.74 Å². The second kappa shape index (κ2) is 7.26. The lowest BCUT2D eigenvalue weighted by atomic mass is 10.1. The number of nitrogens with zero attached hydrogens (tertiary/aromatic N) is 4. The number of allylic oxidation sites excluding steroid dienone is 1. The van der Waals surface area contributed by atoms with Crippen LogP contribution in [0, 0.1) is 13.8 Å². The number of halogens is 1. The molecule has 140 valence electrons. The van der Waals surface area contributed by atoms with Crippen LogP contribution in [0.2, 0.25) is 0 Å². The number of carbonyl (C=O) groups excluding carboxylic acids is 1. The Hall–Kier alpha value is -2.48. The van der Waals surface area contributed by atoms with Gasteiger partial charge in [0.15, 0.2) is 5.78 Å². The molecule has 1 fully saturated rings. The van der Waals surface area contributed by atoms with Crippen LogP contribution in [0.3, 0.4) is 0 Å². The van der Waals surface area contributed by atoms with E-state index < -0.39 is 0 Å². The first kappa shape index (κ1) is 17.9. The molecular formula is C19H19BrN4O3. The van der Waals surface area contributed by atoms with Gasteiger partial charge in [0.05, 0.1) is 22.4 Å². The lowest BCUT2D eigenvalue weighted by molar-refractivity contribution is -0.113. The van der Waals surface area contributed by atoms with Crippen molar-refractivity contribution < 1.29 is 14.1 Å². The molecule has 0 bridgehead atoms. The van der Waals surface area contributed by atoms with Crippen LogP contribution in [0.25, 0.3) is 11.1 Å². The Balaban J connectivity index is 1.48. The zero-order chi connectivity index (χ0) is 19.0. The quantitative estimate of drug-likeness (QED) is 0.741. The van der Waals surface area contributed by atoms with E-state index in [1.807, 2.05) is 26.0 Å². The fourth-order valence-corrected chi connectivity index (χ4v) is 3.92. The number of hydrogen-bond donors (Lipinski definition) is 0. The summed E-state index contributed by atoms with van der Waals surface area (Å²) in [6.07, 6.45) is 4.33. The van der Waals surface area contributed by atoms with Gasteiger partial charge < -0.3 is 14.2 Å². The third kappa shape index (κ3) is 3.53. The Bertz CT molecular complexity index is 931. The molecule has 0 saturated carbocycles. The van der Waals surface area contributed by atoms with E-state index in [0.717, 1.165) is 41.2 Å². The van der Waals surface area contributed by atoms with Crippen molar-refractivity contribution in [1.29, 1.82) is 0 Å². The van der Waals surface area contributed by atoms with Gasteiger partial charge in [-0.15, -0.1) is 0 Å². The molecule has 0 spiro atoms. The van der Waals surface area contributed by atoms with Crippen molar-refractivity contribution in [2.75, 3.05) is 19.6 Å². The normalized spacial score (nSPS) is 19.9. The number of pyridine rings is 1. The van der Waals surface area contributed by atoms with E-state index >= 15 is 0 Å². The van der Waals surface area contributed by atoms with Gasteiger partial charge in [-0.3, -0.25) is 9.79 Å². The Kier molecular flexibility index (Phi) is 4.82. The third-order valence-electron chi connectivity index (χ3n) is 4.75. The molecule has 2 aromatic rings. The number of ketones is 1. The van der Waals surface area contributed by atoms with Gasteiger partial charge in [0, 0.05) is 37.0 Å². The number of aryl methyl sites for hydroxylation is 2. The summed E-state index contributed by atoms with van der Waals surface area (Å²) in [5.74, 6) is 1.35. The number of hydrogen-bond acceptors (Lipinski definition) is 7. The molecule has 0 radical (unpaired) electrons. The van der Waals surface area contributed by atoms with Crippen LogP contribution >= 0.6 is 15.9 Å². The minimum absolute atomic E-state index is 0.00403. The minimum Gasteiger partial charge on any atom is -0.472 e. The van der Waals surface area contributed by atoms with Crippen molar-refractivity contribution in [2.45, 2.75) is 26.4 Å². The molecule has 0 N–H and O–H groups in total. The molecule has 0 aliphatic carbocycles. The molecule has 0 aromatic carbocycles. The van der Waals surface area contributed by atoms with E-state index in [2.05, 4.69) is 36.0 Å². The maximum atomic E-state index is 11.8. The number of aliphatic imine (C=N–C) groups is 1. The molecule has 0 amide bonds. The van der Waals surface area contributed by atoms with Crippen molar-refractivity contribution in [2.24, 2.45) is 4.99 Å². The van der Waals surface area contributed by atoms with Crippen LogP contribution in [0.15, 0.2) is 38.0 Å². The van der Waals surface area contributed by atoms with Crippen LogP contribution in [0.4, 0.5) is 0 Å². The highest BCUT2D eigenvalue weighted by Gasteiger charge is 2.29. The third-order valence-corrected chi connectivity index (χ3v) is 5.60. The smallest absolute Gasteiger partial charge is 0.214 e. The van der Waals surface area contributed by atoms with Crippen LogP contribution in [-0.2, 0) is 4.79 Å². The fraction of sp³-hybridized carbons (Fsp3) is 0.368. The zero-order valence-corrected chi connectivity index (χ0v) is 16.7. The molecular weight excluding hydrogens is 412 g/mol. The maximum Gasteiger partial charge on any atom is 0.214 e. The molecule has 2 aliphatic heterocycles. The molecule has 27 heavy (non-hydrogen) atoms. The fourth-order valence-electron chi connectivity index (χ4n) is 3.44. The Morgan fingerprint density at radius 1 is 1.37 bits per heavy atom. The van der Waals surface area contributed by atoms with Crippen molar-refractivity contribution in [1.82, 2.24) is 15.0 Å². The molecule has 2 aliphatic rings. The summed E-state index contributed by atoms with van der Waals surface area (Å²) in [6, 6.07) is 3.84. The first-order chi connectivity index (χ1) is 13.0. The lowest BCUT2D eigenvalue weighted by Crippen LogP contribution is -2.28. The highest BCUT2D eigenvalue weighted by molar-refractivity contribution is 9.12. The highest BCUT2D eigenvalue weighted by Crippen LogP contribution is 2.30. The van der Waals surface area contributed by atoms with Gasteiger partial charge in [0.1, 0.15) is 18.4 Å². The molecule has 8 heteroatoms. The average molecular weight is 431 g/mol. The standard InChI is InChI=1S/C19H19BrN4O3/c1-11-18(12(2)27-23-11)13-3-5-22-17(7-13)26-14-4-6-24(10-14)15-8-21-9-16(25)19(15)20/h3,5,7-8,14H,4,6,9-10H2,1-2H3/t14-/m1/s1. The van der Waals surface area contributed by atoms with Gasteiger partial charge in [-0.25, -0.2) is 4.98 Å². The predicted octanol–water partition coefficient (Wildman–Crippen LogP) is 3.07. The topological polar surface area (TPSA) is 80.8 Å². The lowest BCUT2D eigenvalue weighted by Gasteiger charge is -2.22. The number of likely N-dealkylation sites (tertiary alicyclic amines) is 1. The van der Waals surface area contributed by atoms with Gasteiger partial charge >= 0.3 is 0 Å². The zero-order valence-electron chi connectivity index (χ0n) is 15.1. The van der Waals surface area contributed by atoms with E-state index in [-0.39, 0.29) is 18.4 Å². The SMILES string of the molecule is Cc1noc(C)c1-c1ccnc(O[C@@H]2CCN(C3=C(Br)C(=O)CN=C3)C2)c1. The maximum absolute atomic E-state index is 11.8. The van der Waals surface area contributed by atoms with Crippen LogP contribution in [0.1, 0.15) is 17.9 Å². The molecule has 4 heterocycles. The van der Waals surface area contributed by atoms with Gasteiger partial charge in [-0.2, -0.15) is 0 Å². The molecule has 4 rings (SSSR count). The molecule has 2 aromatic heterocycles. The summed E-state index contributed by atoms with van der Waals surface area (Å²) in [4.78, 5) is 22.4. The summed E-state index contributed by atoms with van der Waals surface area (Å²) < 4.78 is 12.0. The second-order valence-electron chi connectivity index (χ2n) is 6.65. The van der Waals surface area contributed by atoms with Gasteiger partial charge in [-0.1, -0.05) is 5.16 Å². The Labute approximate surface area is 165 Å². The number of ether oxygens (including phenoxy) is 1. The van der Waals surface area contributed by atoms with Crippen LogP contribution in [-0.4, -0.2) is 52.8 Å². The van der Waals surface area contributed by atoms with Gasteiger partial charge in [-0.05, 0) is 41.4 Å². The second-order valence-corrected chi connectivity index (χ2v) is 7.44. The molecule has 7 nitrogen and oxygen atoms in total. The number of Topliss-reactive ketones (excluding diaryl/α,β-unsaturated/α-hetero) is 1. The first-order valence-corrected chi connectivity index (χ1v) is 9.56. The molecule has 1 atom stereocenters. The molecule has 0 unspecified atom stereocenters. The summed E-state index contributed by atoms with van der Waals surface area (Å²) in [6.45, 7) is 5.50. The number of carbonyl (C=O) groups is 1. The highest BCUT2D eigenvalue weighted by atomic mass is 79.9. The Morgan fingerprint density at radius 3 is 3.00 bits per heavy atom. The summed E-state index contributed by atoms with van der Waals surface area (Å²) in [5.41, 5.74) is 3.62. The van der Waals surface area contributed by atoms with Crippen molar-refractivity contribution >= 4 is 27.9 Å². The van der Waals surface area contributed by atoms with Crippen molar-refractivity contribution in [3.8, 4) is 17.0 Å². The van der Waals surface area contributed by atoms with Gasteiger partial charge in [0.2, 0.25) is 5.88 Å². The van der Waals surface area contributed by atoms with Crippen molar-refractivity contribution in [3.05, 3.63) is 40.0 Å². The summed E-state index contributed by atoms with van der Waals surface area (Å²) in [5, 5.41) is 4.01. The monoisotopic (exact) mass is 430 g/mol. The number of aromatic nitrogens is 2. The minimum atomic E-state index is -0.00403. The largest absolute Gasteiger partial charge is 0.472 e. The summed E-state index contributed by atoms with van der Waals surface area (Å²) in [7, 11) is 0. The average Bonchev–Trinajstić information content (AvgIpc) is 3.24. The van der Waals surface area contributed by atoms with E-state index in [0.29, 0.717) is 16.9 Å². The van der Waals surface area contributed by atoms with E-state index in [9.17, 15) is 4.79 Å². The predicted molar refractivity (Wildman–Crippen MR) is 104 cm³/mol. The van der Waals surface area contributed by atoms with E-state index in [1.165, 1.54) is 0 Å². The van der Waals surface area contributed by atoms with E-state index in [1.54, 1.807) is 12.4 Å². The molecule has 1 saturated heterocycles. The Morgan fingerprint density at radius 2 is 2.22 bits per heavy atom. The number of rotatable bonds is 4. The van der Waals surface area contributed by atoms with Crippen LogP contribution in [0.5, 0.6) is 5.88 Å². The van der Waals surface area contributed by atoms with Crippen molar-refractivity contribution in [3.63, 3.8) is 0 Å². The first-order valence-electron chi connectivity index (χ1n) is 8.76. The van der Waals surface area contributed by atoms with E-state index in [4.69, 9.17) is 9.26 Å². The van der Waals surface area contributed by atoms with Gasteiger partial charge in [0.25, 0.3) is 0 Å².